The van der Waals surface area contributed by atoms with E-state index in [4.69, 9.17) is 5.73 Å². The second-order valence-electron chi connectivity index (χ2n) is 4.35. The maximum absolute atomic E-state index is 12.1. The van der Waals surface area contributed by atoms with Crippen LogP contribution in [0.1, 0.15) is 16.7 Å². The standard InChI is InChI=1S/C15H17NOS/c1-12-14(8-5-9-15(12)16)11-18(17)10-13-6-3-2-4-7-13/h2-9H,10-11,16H2,1H3. The predicted molar refractivity (Wildman–Crippen MR) is 77.6 cm³/mol. The third-order valence-corrected chi connectivity index (χ3v) is 4.26. The van der Waals surface area contributed by atoms with Gasteiger partial charge in [0.05, 0.1) is 0 Å². The van der Waals surface area contributed by atoms with Crippen molar-refractivity contribution in [3.63, 3.8) is 0 Å². The zero-order valence-electron chi connectivity index (χ0n) is 10.4. The van der Waals surface area contributed by atoms with Crippen molar-refractivity contribution in [1.29, 1.82) is 0 Å². The Morgan fingerprint density at radius 1 is 1.00 bits per heavy atom. The average molecular weight is 259 g/mol. The van der Waals surface area contributed by atoms with Crippen LogP contribution in [0.3, 0.4) is 0 Å². The number of hydrogen-bond acceptors (Lipinski definition) is 2. The minimum absolute atomic E-state index is 0.561. The molecule has 2 rings (SSSR count). The number of nitrogen functional groups attached to an aromatic ring is 1. The van der Waals surface area contributed by atoms with Gasteiger partial charge >= 0.3 is 0 Å². The summed E-state index contributed by atoms with van der Waals surface area (Å²) < 4.78 is 12.1. The van der Waals surface area contributed by atoms with E-state index in [9.17, 15) is 4.21 Å². The molecule has 0 saturated carbocycles. The van der Waals surface area contributed by atoms with E-state index >= 15 is 0 Å². The lowest BCUT2D eigenvalue weighted by Gasteiger charge is -2.08. The molecule has 94 valence electrons. The van der Waals surface area contributed by atoms with Gasteiger partial charge in [-0.1, -0.05) is 42.5 Å². The van der Waals surface area contributed by atoms with E-state index in [1.165, 1.54) is 0 Å². The summed E-state index contributed by atoms with van der Waals surface area (Å²) in [5.74, 6) is 1.15. The van der Waals surface area contributed by atoms with Crippen molar-refractivity contribution in [2.24, 2.45) is 0 Å². The van der Waals surface area contributed by atoms with E-state index in [1.807, 2.05) is 55.5 Å². The third-order valence-electron chi connectivity index (χ3n) is 2.97. The predicted octanol–water partition coefficient (Wildman–Crippen LogP) is 3.03. The average Bonchev–Trinajstić information content (AvgIpc) is 2.36. The van der Waals surface area contributed by atoms with Gasteiger partial charge in [-0.05, 0) is 29.7 Å². The van der Waals surface area contributed by atoms with E-state index < -0.39 is 10.8 Å². The van der Waals surface area contributed by atoms with Crippen molar-refractivity contribution in [3.8, 4) is 0 Å². The summed E-state index contributed by atoms with van der Waals surface area (Å²) in [5.41, 5.74) is 9.84. The second-order valence-corrected chi connectivity index (χ2v) is 5.80. The lowest BCUT2D eigenvalue weighted by atomic mass is 10.1. The van der Waals surface area contributed by atoms with Crippen LogP contribution in [0.15, 0.2) is 48.5 Å². The van der Waals surface area contributed by atoms with Crippen LogP contribution in [0.5, 0.6) is 0 Å². The summed E-state index contributed by atoms with van der Waals surface area (Å²) in [7, 11) is -0.896. The minimum Gasteiger partial charge on any atom is -0.399 e. The highest BCUT2D eigenvalue weighted by Gasteiger charge is 2.07. The number of nitrogens with two attached hydrogens (primary N) is 1. The van der Waals surface area contributed by atoms with Gasteiger partial charge in [-0.2, -0.15) is 0 Å². The molecule has 2 nitrogen and oxygen atoms in total. The Bertz CT molecular complexity index is 552. The lowest BCUT2D eigenvalue weighted by Crippen LogP contribution is -2.02. The summed E-state index contributed by atoms with van der Waals surface area (Å²) in [6, 6.07) is 15.7. The van der Waals surface area contributed by atoms with Crippen molar-refractivity contribution in [1.82, 2.24) is 0 Å². The molecule has 0 aliphatic carbocycles. The van der Waals surface area contributed by atoms with Gasteiger partial charge in [0.25, 0.3) is 0 Å². The molecule has 0 spiro atoms. The zero-order valence-corrected chi connectivity index (χ0v) is 11.2. The molecule has 2 N–H and O–H groups in total. The first-order valence-electron chi connectivity index (χ1n) is 5.89. The van der Waals surface area contributed by atoms with Gasteiger partial charge in [-0.25, -0.2) is 0 Å². The molecular formula is C15H17NOS. The van der Waals surface area contributed by atoms with Gasteiger partial charge in [-0.3, -0.25) is 4.21 Å². The van der Waals surface area contributed by atoms with Gasteiger partial charge in [-0.15, -0.1) is 0 Å². The lowest BCUT2D eigenvalue weighted by molar-refractivity contribution is 0.682. The topological polar surface area (TPSA) is 43.1 Å². The molecular weight excluding hydrogens is 242 g/mol. The Hall–Kier alpha value is -1.61. The van der Waals surface area contributed by atoms with Crippen LogP contribution in [0, 0.1) is 6.92 Å². The maximum atomic E-state index is 12.1. The molecule has 0 bridgehead atoms. The molecule has 0 saturated heterocycles. The highest BCUT2D eigenvalue weighted by atomic mass is 32.2. The summed E-state index contributed by atoms with van der Waals surface area (Å²) >= 11 is 0. The Kier molecular flexibility index (Phi) is 4.15. The highest BCUT2D eigenvalue weighted by Crippen LogP contribution is 2.18. The van der Waals surface area contributed by atoms with Crippen molar-refractivity contribution >= 4 is 16.5 Å². The zero-order chi connectivity index (χ0) is 13.0. The first-order valence-corrected chi connectivity index (χ1v) is 7.38. The van der Waals surface area contributed by atoms with Crippen LogP contribution in [0.25, 0.3) is 0 Å². The fourth-order valence-electron chi connectivity index (χ4n) is 1.84. The van der Waals surface area contributed by atoms with E-state index in [2.05, 4.69) is 0 Å². The van der Waals surface area contributed by atoms with Crippen LogP contribution in [-0.4, -0.2) is 4.21 Å². The number of benzene rings is 2. The largest absolute Gasteiger partial charge is 0.399 e. The SMILES string of the molecule is Cc1c(N)cccc1CS(=O)Cc1ccccc1. The van der Waals surface area contributed by atoms with Gasteiger partial charge in [0.1, 0.15) is 0 Å². The van der Waals surface area contributed by atoms with Gasteiger partial charge in [0.15, 0.2) is 0 Å². The molecule has 1 atom stereocenters. The van der Waals surface area contributed by atoms with Gasteiger partial charge in [0.2, 0.25) is 0 Å². The molecule has 0 aliphatic heterocycles. The van der Waals surface area contributed by atoms with Gasteiger partial charge < -0.3 is 5.73 Å². The normalized spacial score (nSPS) is 12.3. The molecule has 0 aliphatic rings. The Morgan fingerprint density at radius 2 is 1.72 bits per heavy atom. The molecule has 0 radical (unpaired) electrons. The first kappa shape index (κ1) is 12.8. The van der Waals surface area contributed by atoms with Crippen molar-refractivity contribution < 1.29 is 4.21 Å². The van der Waals surface area contributed by atoms with Crippen molar-refractivity contribution in [3.05, 3.63) is 65.2 Å². The second kappa shape index (κ2) is 5.83. The molecule has 0 fully saturated rings. The molecule has 1 unspecified atom stereocenters. The summed E-state index contributed by atoms with van der Waals surface area (Å²) in [6.45, 7) is 1.98. The Balaban J connectivity index is 2.06. The van der Waals surface area contributed by atoms with E-state index in [0.29, 0.717) is 11.5 Å². The molecule has 18 heavy (non-hydrogen) atoms. The molecule has 0 amide bonds. The van der Waals surface area contributed by atoms with E-state index in [1.54, 1.807) is 0 Å². The molecule has 2 aromatic rings. The fraction of sp³-hybridized carbons (Fsp3) is 0.200. The smallest absolute Gasteiger partial charge is 0.0492 e. The molecule has 0 aromatic heterocycles. The monoisotopic (exact) mass is 259 g/mol. The fourth-order valence-corrected chi connectivity index (χ4v) is 3.17. The summed E-state index contributed by atoms with van der Waals surface area (Å²) in [6.07, 6.45) is 0. The molecule has 3 heteroatoms. The van der Waals surface area contributed by atoms with Crippen molar-refractivity contribution in [2.45, 2.75) is 18.4 Å². The van der Waals surface area contributed by atoms with Crippen LogP contribution in [-0.2, 0) is 22.3 Å². The Morgan fingerprint density at radius 3 is 2.44 bits per heavy atom. The number of anilines is 1. The molecule has 2 aromatic carbocycles. The third kappa shape index (κ3) is 3.20. The van der Waals surface area contributed by atoms with Crippen LogP contribution in [0.2, 0.25) is 0 Å². The first-order chi connectivity index (χ1) is 8.66. The quantitative estimate of drug-likeness (QED) is 0.858. The van der Waals surface area contributed by atoms with E-state index in [-0.39, 0.29) is 0 Å². The van der Waals surface area contributed by atoms with Crippen LogP contribution >= 0.6 is 0 Å². The Labute approximate surface area is 110 Å². The van der Waals surface area contributed by atoms with Gasteiger partial charge in [0, 0.05) is 28.0 Å². The summed E-state index contributed by atoms with van der Waals surface area (Å²) in [4.78, 5) is 0. The number of hydrogen-bond donors (Lipinski definition) is 1. The van der Waals surface area contributed by atoms with Crippen LogP contribution < -0.4 is 5.73 Å². The van der Waals surface area contributed by atoms with Crippen molar-refractivity contribution in [2.75, 3.05) is 5.73 Å². The minimum atomic E-state index is -0.896. The molecule has 0 heterocycles. The highest BCUT2D eigenvalue weighted by molar-refractivity contribution is 7.83. The van der Waals surface area contributed by atoms with E-state index in [0.717, 1.165) is 22.4 Å². The summed E-state index contributed by atoms with van der Waals surface area (Å²) in [5, 5.41) is 0. The number of rotatable bonds is 4. The van der Waals surface area contributed by atoms with Crippen LogP contribution in [0.4, 0.5) is 5.69 Å². The maximum Gasteiger partial charge on any atom is 0.0492 e.